The van der Waals surface area contributed by atoms with Crippen LogP contribution in [0, 0.1) is 0 Å². The number of methoxy groups -OCH3 is 3. The molecule has 0 spiro atoms. The van der Waals surface area contributed by atoms with Gasteiger partial charge in [-0.2, -0.15) is 0 Å². The maximum absolute atomic E-state index is 12.2. The number of nitrogens with one attached hydrogen (secondary N) is 1. The molecule has 1 rings (SSSR count). The molecule has 0 aliphatic rings. The fourth-order valence-electron chi connectivity index (χ4n) is 1.95. The van der Waals surface area contributed by atoms with E-state index in [-0.39, 0.29) is 11.9 Å². The standard InChI is InChI=1S/C15H24N2O4/c1-5-10(16)8-9-17-15(18)11-6-7-12(19-2)14(21-4)13(11)20-3/h6-7,10H,5,8-9,16H2,1-4H3,(H,17,18). The van der Waals surface area contributed by atoms with Gasteiger partial charge in [0.05, 0.1) is 26.9 Å². The van der Waals surface area contributed by atoms with Crippen LogP contribution in [0.25, 0.3) is 0 Å². The van der Waals surface area contributed by atoms with E-state index in [1.54, 1.807) is 12.1 Å². The van der Waals surface area contributed by atoms with E-state index in [4.69, 9.17) is 19.9 Å². The zero-order valence-corrected chi connectivity index (χ0v) is 13.1. The van der Waals surface area contributed by atoms with Crippen molar-refractivity contribution in [2.24, 2.45) is 5.73 Å². The van der Waals surface area contributed by atoms with Crippen LogP contribution in [0.1, 0.15) is 30.1 Å². The molecule has 0 aliphatic carbocycles. The molecule has 1 aromatic carbocycles. The lowest BCUT2D eigenvalue weighted by Crippen LogP contribution is -2.30. The number of nitrogens with two attached hydrogens (primary N) is 1. The zero-order chi connectivity index (χ0) is 15.8. The van der Waals surface area contributed by atoms with Crippen molar-refractivity contribution >= 4 is 5.91 Å². The molecule has 1 aromatic rings. The molecule has 1 unspecified atom stereocenters. The average molecular weight is 296 g/mol. The molecule has 0 radical (unpaired) electrons. The van der Waals surface area contributed by atoms with Crippen molar-refractivity contribution in [1.29, 1.82) is 0 Å². The summed E-state index contributed by atoms with van der Waals surface area (Å²) >= 11 is 0. The van der Waals surface area contributed by atoms with Gasteiger partial charge >= 0.3 is 0 Å². The molecule has 6 heteroatoms. The van der Waals surface area contributed by atoms with Crippen LogP contribution in [-0.2, 0) is 0 Å². The third-order valence-corrected chi connectivity index (χ3v) is 3.27. The third kappa shape index (κ3) is 4.26. The lowest BCUT2D eigenvalue weighted by atomic mass is 10.1. The Hall–Kier alpha value is -1.95. The first kappa shape index (κ1) is 17.1. The Labute approximate surface area is 125 Å². The van der Waals surface area contributed by atoms with Crippen molar-refractivity contribution in [2.45, 2.75) is 25.8 Å². The van der Waals surface area contributed by atoms with Crippen molar-refractivity contribution in [3.63, 3.8) is 0 Å². The van der Waals surface area contributed by atoms with Crippen LogP contribution in [0.2, 0.25) is 0 Å². The normalized spacial score (nSPS) is 11.7. The van der Waals surface area contributed by atoms with Crippen LogP contribution < -0.4 is 25.3 Å². The van der Waals surface area contributed by atoms with Gasteiger partial charge < -0.3 is 25.3 Å². The number of ether oxygens (including phenoxy) is 3. The SMILES string of the molecule is CCC(N)CCNC(=O)c1ccc(OC)c(OC)c1OC. The molecule has 3 N–H and O–H groups in total. The summed E-state index contributed by atoms with van der Waals surface area (Å²) in [5, 5.41) is 2.83. The summed E-state index contributed by atoms with van der Waals surface area (Å²) in [6.07, 6.45) is 1.62. The maximum Gasteiger partial charge on any atom is 0.255 e. The first-order valence-electron chi connectivity index (χ1n) is 6.91. The van der Waals surface area contributed by atoms with Gasteiger partial charge in [-0.05, 0) is 25.0 Å². The zero-order valence-electron chi connectivity index (χ0n) is 13.1. The molecular formula is C15H24N2O4. The van der Waals surface area contributed by atoms with Crippen LogP contribution in [-0.4, -0.2) is 39.8 Å². The molecule has 0 aliphatic heterocycles. The van der Waals surface area contributed by atoms with E-state index in [9.17, 15) is 4.79 Å². The fraction of sp³-hybridized carbons (Fsp3) is 0.533. The Morgan fingerprint density at radius 2 is 1.86 bits per heavy atom. The molecule has 118 valence electrons. The molecule has 1 atom stereocenters. The number of amides is 1. The number of hydrogen-bond acceptors (Lipinski definition) is 5. The molecule has 21 heavy (non-hydrogen) atoms. The summed E-state index contributed by atoms with van der Waals surface area (Å²) in [7, 11) is 4.52. The third-order valence-electron chi connectivity index (χ3n) is 3.27. The highest BCUT2D eigenvalue weighted by Crippen LogP contribution is 2.39. The van der Waals surface area contributed by atoms with Crippen molar-refractivity contribution in [3.05, 3.63) is 17.7 Å². The van der Waals surface area contributed by atoms with Crippen LogP contribution >= 0.6 is 0 Å². The highest BCUT2D eigenvalue weighted by Gasteiger charge is 2.20. The molecule has 0 saturated heterocycles. The van der Waals surface area contributed by atoms with Gasteiger partial charge in [-0.25, -0.2) is 0 Å². The largest absolute Gasteiger partial charge is 0.493 e. The summed E-state index contributed by atoms with van der Waals surface area (Å²) in [5.74, 6) is 1.04. The molecule has 1 amide bonds. The van der Waals surface area contributed by atoms with E-state index in [1.165, 1.54) is 21.3 Å². The van der Waals surface area contributed by atoms with E-state index in [0.717, 1.165) is 12.8 Å². The molecule has 0 heterocycles. The van der Waals surface area contributed by atoms with Gasteiger partial charge in [0.15, 0.2) is 11.5 Å². The quantitative estimate of drug-likeness (QED) is 0.761. The van der Waals surface area contributed by atoms with E-state index >= 15 is 0 Å². The van der Waals surface area contributed by atoms with Crippen molar-refractivity contribution < 1.29 is 19.0 Å². The molecule has 0 aromatic heterocycles. The second-order valence-electron chi connectivity index (χ2n) is 4.59. The van der Waals surface area contributed by atoms with Crippen molar-refractivity contribution in [3.8, 4) is 17.2 Å². The highest BCUT2D eigenvalue weighted by molar-refractivity contribution is 5.98. The summed E-state index contributed by atoms with van der Waals surface area (Å²) in [5.41, 5.74) is 6.23. The van der Waals surface area contributed by atoms with E-state index in [1.807, 2.05) is 6.92 Å². The fourth-order valence-corrected chi connectivity index (χ4v) is 1.95. The number of carbonyl (C=O) groups excluding carboxylic acids is 1. The summed E-state index contributed by atoms with van der Waals surface area (Å²) in [4.78, 5) is 12.2. The smallest absolute Gasteiger partial charge is 0.255 e. The minimum atomic E-state index is -0.226. The second-order valence-corrected chi connectivity index (χ2v) is 4.59. The van der Waals surface area contributed by atoms with Crippen molar-refractivity contribution in [2.75, 3.05) is 27.9 Å². The topological polar surface area (TPSA) is 82.8 Å². The van der Waals surface area contributed by atoms with Crippen LogP contribution in [0.3, 0.4) is 0 Å². The highest BCUT2D eigenvalue weighted by atomic mass is 16.5. The second kappa shape index (κ2) is 8.36. The molecule has 0 bridgehead atoms. The van der Waals surface area contributed by atoms with Crippen molar-refractivity contribution in [1.82, 2.24) is 5.32 Å². The summed E-state index contributed by atoms with van der Waals surface area (Å²) in [6, 6.07) is 3.42. The van der Waals surface area contributed by atoms with Gasteiger partial charge in [0, 0.05) is 12.6 Å². The summed E-state index contributed by atoms with van der Waals surface area (Å²) in [6.45, 7) is 2.54. The average Bonchev–Trinajstić information content (AvgIpc) is 2.52. The monoisotopic (exact) mass is 296 g/mol. The number of rotatable bonds is 8. The van der Waals surface area contributed by atoms with Gasteiger partial charge in [0.25, 0.3) is 5.91 Å². The number of hydrogen-bond donors (Lipinski definition) is 2. The van der Waals surface area contributed by atoms with Crippen LogP contribution in [0.4, 0.5) is 0 Å². The van der Waals surface area contributed by atoms with Gasteiger partial charge in [0.2, 0.25) is 5.75 Å². The van der Waals surface area contributed by atoms with E-state index in [2.05, 4.69) is 5.32 Å². The Kier molecular flexibility index (Phi) is 6.81. The Morgan fingerprint density at radius 1 is 1.19 bits per heavy atom. The minimum absolute atomic E-state index is 0.0950. The lowest BCUT2D eigenvalue weighted by molar-refractivity contribution is 0.0948. The molecule has 0 fully saturated rings. The maximum atomic E-state index is 12.2. The molecule has 6 nitrogen and oxygen atoms in total. The van der Waals surface area contributed by atoms with Gasteiger partial charge in [-0.15, -0.1) is 0 Å². The van der Waals surface area contributed by atoms with Crippen LogP contribution in [0.5, 0.6) is 17.2 Å². The van der Waals surface area contributed by atoms with Gasteiger partial charge in [-0.1, -0.05) is 6.92 Å². The predicted octanol–water partition coefficient (Wildman–Crippen LogP) is 1.57. The first-order valence-corrected chi connectivity index (χ1v) is 6.91. The van der Waals surface area contributed by atoms with E-state index < -0.39 is 0 Å². The Balaban J connectivity index is 2.89. The predicted molar refractivity (Wildman–Crippen MR) is 81.3 cm³/mol. The van der Waals surface area contributed by atoms with E-state index in [0.29, 0.717) is 29.4 Å². The minimum Gasteiger partial charge on any atom is -0.493 e. The lowest BCUT2D eigenvalue weighted by Gasteiger charge is -2.16. The molecule has 0 saturated carbocycles. The van der Waals surface area contributed by atoms with Gasteiger partial charge in [-0.3, -0.25) is 4.79 Å². The van der Waals surface area contributed by atoms with Crippen LogP contribution in [0.15, 0.2) is 12.1 Å². The Bertz CT molecular complexity index is 477. The number of benzene rings is 1. The number of carbonyl (C=O) groups is 1. The summed E-state index contributed by atoms with van der Waals surface area (Å²) < 4.78 is 15.7. The Morgan fingerprint density at radius 3 is 2.38 bits per heavy atom. The van der Waals surface area contributed by atoms with Gasteiger partial charge in [0.1, 0.15) is 0 Å². The first-order chi connectivity index (χ1) is 10.1. The molecular weight excluding hydrogens is 272 g/mol.